The zero-order valence-electron chi connectivity index (χ0n) is 11.1. The Hall–Kier alpha value is -2.40. The number of hydrogen-bond donors (Lipinski definition) is 2. The molecule has 0 unspecified atom stereocenters. The second kappa shape index (κ2) is 4.86. The third kappa shape index (κ3) is 2.15. The molecule has 0 spiro atoms. The Bertz CT molecular complexity index is 873. The predicted molar refractivity (Wildman–Crippen MR) is 79.8 cm³/mol. The summed E-state index contributed by atoms with van der Waals surface area (Å²) in [6.45, 7) is 1.53. The molecule has 0 aliphatic rings. The number of primary amides is 1. The lowest BCUT2D eigenvalue weighted by atomic mass is 9.97. The maximum absolute atomic E-state index is 13.8. The van der Waals surface area contributed by atoms with Gasteiger partial charge in [-0.15, -0.1) is 0 Å². The van der Waals surface area contributed by atoms with Crippen LogP contribution in [0.2, 0.25) is 5.02 Å². The molecule has 3 rings (SSSR count). The van der Waals surface area contributed by atoms with Crippen LogP contribution >= 0.6 is 11.6 Å². The lowest BCUT2D eigenvalue weighted by Gasteiger charge is -2.12. The predicted octanol–water partition coefficient (Wildman–Crippen LogP) is 3.43. The topological polar surface area (TPSA) is 71.8 Å². The van der Waals surface area contributed by atoms with Crippen molar-refractivity contribution < 1.29 is 9.18 Å². The van der Waals surface area contributed by atoms with Crippen LogP contribution in [0.1, 0.15) is 16.1 Å². The summed E-state index contributed by atoms with van der Waals surface area (Å²) in [6, 6.07) is 7.28. The van der Waals surface area contributed by atoms with E-state index < -0.39 is 11.9 Å². The number of carbonyl (C=O) groups is 1. The molecule has 4 nitrogen and oxygen atoms in total. The van der Waals surface area contributed by atoms with E-state index in [9.17, 15) is 9.18 Å². The number of benzene rings is 1. The van der Waals surface area contributed by atoms with E-state index in [1.54, 1.807) is 12.3 Å². The number of hydrogen-bond acceptors (Lipinski definition) is 2. The number of carbonyl (C=O) groups excluding carboxylic acids is 1. The number of aromatic nitrogens is 2. The van der Waals surface area contributed by atoms with Crippen LogP contribution in [-0.2, 0) is 0 Å². The van der Waals surface area contributed by atoms with E-state index in [0.29, 0.717) is 5.56 Å². The molecule has 1 amide bonds. The molecular formula is C15H11ClFN3O. The number of halogens is 2. The first-order chi connectivity index (χ1) is 9.99. The van der Waals surface area contributed by atoms with Crippen molar-refractivity contribution >= 4 is 28.4 Å². The second-order valence-electron chi connectivity index (χ2n) is 4.70. The lowest BCUT2D eigenvalue weighted by Crippen LogP contribution is -2.16. The Kier molecular flexibility index (Phi) is 3.14. The number of nitrogens with one attached hydrogen (secondary N) is 1. The van der Waals surface area contributed by atoms with E-state index in [-0.39, 0.29) is 21.8 Å². The summed E-state index contributed by atoms with van der Waals surface area (Å²) in [6.07, 6.45) is 1.80. The van der Waals surface area contributed by atoms with Crippen molar-refractivity contribution in [2.45, 2.75) is 6.92 Å². The number of pyridine rings is 1. The Morgan fingerprint density at radius 2 is 2.14 bits per heavy atom. The monoisotopic (exact) mass is 303 g/mol. The van der Waals surface area contributed by atoms with Gasteiger partial charge in [-0.25, -0.2) is 4.98 Å². The number of fused-ring (bicyclic) bond motifs is 1. The van der Waals surface area contributed by atoms with Crippen molar-refractivity contribution in [3.63, 3.8) is 0 Å². The first-order valence-corrected chi connectivity index (χ1v) is 6.59. The first-order valence-electron chi connectivity index (χ1n) is 6.22. The molecule has 0 saturated heterocycles. The molecule has 1 aromatic carbocycles. The second-order valence-corrected chi connectivity index (χ2v) is 5.07. The fraction of sp³-hybridized carbons (Fsp3) is 0.0667. The third-order valence-electron chi connectivity index (χ3n) is 3.37. The van der Waals surface area contributed by atoms with Crippen LogP contribution in [0.4, 0.5) is 4.39 Å². The molecule has 0 bridgehead atoms. The van der Waals surface area contributed by atoms with Crippen molar-refractivity contribution in [1.29, 1.82) is 0 Å². The molecule has 0 aliphatic carbocycles. The fourth-order valence-corrected chi connectivity index (χ4v) is 2.67. The number of H-pyrrole nitrogens is 1. The standard InChI is InChI=1S/C15H11ClFN3O/c1-7-11(15(18)21)12(13(16)14(17)20-7)9-2-3-10-8(6-9)4-5-19-10/h2-6,19H,1H3,(H2,18,21). The average Bonchev–Trinajstić information content (AvgIpc) is 2.89. The van der Waals surface area contributed by atoms with Gasteiger partial charge in [0, 0.05) is 17.3 Å². The Labute approximate surface area is 124 Å². The highest BCUT2D eigenvalue weighted by Crippen LogP contribution is 2.35. The Morgan fingerprint density at radius 1 is 1.38 bits per heavy atom. The highest BCUT2D eigenvalue weighted by molar-refractivity contribution is 6.34. The smallest absolute Gasteiger partial charge is 0.251 e. The zero-order chi connectivity index (χ0) is 15.1. The van der Waals surface area contributed by atoms with Gasteiger partial charge in [-0.3, -0.25) is 4.79 Å². The fourth-order valence-electron chi connectivity index (χ4n) is 2.43. The average molecular weight is 304 g/mol. The van der Waals surface area contributed by atoms with Gasteiger partial charge in [0.2, 0.25) is 5.95 Å². The number of nitrogens with two attached hydrogens (primary N) is 1. The third-order valence-corrected chi connectivity index (χ3v) is 3.71. The highest BCUT2D eigenvalue weighted by Gasteiger charge is 2.21. The van der Waals surface area contributed by atoms with E-state index in [0.717, 1.165) is 10.9 Å². The minimum Gasteiger partial charge on any atom is -0.366 e. The number of amides is 1. The minimum absolute atomic E-state index is 0.135. The quantitative estimate of drug-likeness (QED) is 0.712. The Morgan fingerprint density at radius 3 is 2.86 bits per heavy atom. The van der Waals surface area contributed by atoms with Gasteiger partial charge in [-0.2, -0.15) is 4.39 Å². The van der Waals surface area contributed by atoms with Gasteiger partial charge in [0.1, 0.15) is 5.02 Å². The van der Waals surface area contributed by atoms with Crippen LogP contribution in [0.5, 0.6) is 0 Å². The zero-order valence-corrected chi connectivity index (χ0v) is 11.8. The van der Waals surface area contributed by atoms with E-state index in [1.807, 2.05) is 18.2 Å². The van der Waals surface area contributed by atoms with Gasteiger partial charge in [0.05, 0.1) is 11.3 Å². The Balaban J connectivity index is 2.36. The van der Waals surface area contributed by atoms with Gasteiger partial charge in [0.25, 0.3) is 5.91 Å². The molecule has 0 fully saturated rings. The molecule has 6 heteroatoms. The van der Waals surface area contributed by atoms with Gasteiger partial charge >= 0.3 is 0 Å². The van der Waals surface area contributed by atoms with Gasteiger partial charge < -0.3 is 10.7 Å². The molecule has 0 saturated carbocycles. The maximum atomic E-state index is 13.8. The van der Waals surface area contributed by atoms with Crippen LogP contribution < -0.4 is 5.73 Å². The molecule has 0 atom stereocenters. The molecule has 2 aromatic heterocycles. The summed E-state index contributed by atoms with van der Waals surface area (Å²) in [5, 5.41) is 0.721. The maximum Gasteiger partial charge on any atom is 0.251 e. The van der Waals surface area contributed by atoms with E-state index in [1.165, 1.54) is 6.92 Å². The number of aryl methyl sites for hydroxylation is 1. The summed E-state index contributed by atoms with van der Waals surface area (Å²) < 4.78 is 13.8. The molecule has 106 valence electrons. The van der Waals surface area contributed by atoms with Crippen molar-refractivity contribution in [2.24, 2.45) is 5.73 Å². The van der Waals surface area contributed by atoms with E-state index >= 15 is 0 Å². The van der Waals surface area contributed by atoms with Crippen molar-refractivity contribution in [2.75, 3.05) is 0 Å². The molecule has 3 aromatic rings. The SMILES string of the molecule is Cc1nc(F)c(Cl)c(-c2ccc3[nH]ccc3c2)c1C(N)=O. The summed E-state index contributed by atoms with van der Waals surface area (Å²) in [5.74, 6) is -1.51. The summed E-state index contributed by atoms with van der Waals surface area (Å²) in [4.78, 5) is 18.4. The van der Waals surface area contributed by atoms with Crippen molar-refractivity contribution in [3.8, 4) is 11.1 Å². The van der Waals surface area contributed by atoms with Gasteiger partial charge in [-0.1, -0.05) is 17.7 Å². The van der Waals surface area contributed by atoms with Crippen LogP contribution in [0.15, 0.2) is 30.5 Å². The van der Waals surface area contributed by atoms with E-state index in [2.05, 4.69) is 9.97 Å². The van der Waals surface area contributed by atoms with Gasteiger partial charge in [-0.05, 0) is 36.1 Å². The molecule has 2 heterocycles. The first kappa shape index (κ1) is 13.6. The largest absolute Gasteiger partial charge is 0.366 e. The van der Waals surface area contributed by atoms with Crippen LogP contribution in [0.3, 0.4) is 0 Å². The lowest BCUT2D eigenvalue weighted by molar-refractivity contribution is 0.1000. The van der Waals surface area contributed by atoms with Crippen LogP contribution in [0, 0.1) is 12.9 Å². The van der Waals surface area contributed by atoms with Crippen LogP contribution in [-0.4, -0.2) is 15.9 Å². The summed E-state index contributed by atoms with van der Waals surface area (Å²) >= 11 is 6.02. The van der Waals surface area contributed by atoms with Crippen molar-refractivity contribution in [1.82, 2.24) is 9.97 Å². The normalized spacial score (nSPS) is 11.0. The van der Waals surface area contributed by atoms with Crippen LogP contribution in [0.25, 0.3) is 22.0 Å². The summed E-state index contributed by atoms with van der Waals surface area (Å²) in [5.41, 5.74) is 7.57. The summed E-state index contributed by atoms with van der Waals surface area (Å²) in [7, 11) is 0. The number of rotatable bonds is 2. The molecule has 0 radical (unpaired) electrons. The highest BCUT2D eigenvalue weighted by atomic mass is 35.5. The minimum atomic E-state index is -0.816. The molecule has 0 aliphatic heterocycles. The molecular weight excluding hydrogens is 293 g/mol. The van der Waals surface area contributed by atoms with Crippen molar-refractivity contribution in [3.05, 3.63) is 52.7 Å². The van der Waals surface area contributed by atoms with Gasteiger partial charge in [0.15, 0.2) is 0 Å². The molecule has 3 N–H and O–H groups in total. The van der Waals surface area contributed by atoms with E-state index in [4.69, 9.17) is 17.3 Å². The number of nitrogens with zero attached hydrogens (tertiary/aromatic N) is 1. The molecule has 21 heavy (non-hydrogen) atoms. The number of aromatic amines is 1.